The molecular formula is C30H46O5. The second-order valence-electron chi connectivity index (χ2n) is 14.7. The van der Waals surface area contributed by atoms with E-state index < -0.39 is 28.3 Å². The Balaban J connectivity index is 1.60. The van der Waals surface area contributed by atoms with E-state index in [0.717, 1.165) is 25.7 Å². The molecule has 0 aromatic rings. The number of rotatable bonds is 2. The van der Waals surface area contributed by atoms with Crippen LogP contribution in [0.15, 0.2) is 11.6 Å². The molecule has 0 amide bonds. The SMILES string of the molecule is C[C@@]1(C(=O)O)CC[C@]2(C)C(=O)C[C@]3(C)C(=CC[C@H]4[C@@]5(C)CC[C@H](O)[C@](C)(CO)[C@@H]5CC[C@]43C)[C@@H]2C1. The molecule has 5 heteroatoms. The summed E-state index contributed by atoms with van der Waals surface area (Å²) in [6.45, 7) is 13.1. The molecule has 0 aromatic heterocycles. The second kappa shape index (κ2) is 7.43. The van der Waals surface area contributed by atoms with Gasteiger partial charge >= 0.3 is 5.97 Å². The Kier molecular flexibility index (Phi) is 5.40. The molecule has 0 spiro atoms. The summed E-state index contributed by atoms with van der Waals surface area (Å²) in [5.74, 6) is 0.185. The molecule has 10 atom stereocenters. The molecule has 0 aliphatic heterocycles. The Labute approximate surface area is 210 Å². The maximum absolute atomic E-state index is 13.9. The molecule has 0 aromatic carbocycles. The van der Waals surface area contributed by atoms with E-state index in [2.05, 4.69) is 40.7 Å². The highest BCUT2D eigenvalue weighted by atomic mass is 16.4. The fraction of sp³-hybridized carbons (Fsp3) is 0.867. The number of aliphatic carboxylic acids is 1. The van der Waals surface area contributed by atoms with Crippen molar-refractivity contribution in [2.24, 2.45) is 50.2 Å². The van der Waals surface area contributed by atoms with Gasteiger partial charge in [-0.3, -0.25) is 9.59 Å². The number of carboxylic acid groups (broad SMARTS) is 1. The van der Waals surface area contributed by atoms with Crippen LogP contribution in [0.4, 0.5) is 0 Å². The van der Waals surface area contributed by atoms with Gasteiger partial charge in [0.25, 0.3) is 0 Å². The van der Waals surface area contributed by atoms with E-state index in [1.165, 1.54) is 5.57 Å². The number of carbonyl (C=O) groups is 2. The Hall–Kier alpha value is -1.20. The summed E-state index contributed by atoms with van der Waals surface area (Å²) < 4.78 is 0. The maximum atomic E-state index is 13.9. The van der Waals surface area contributed by atoms with E-state index in [4.69, 9.17) is 0 Å². The molecule has 35 heavy (non-hydrogen) atoms. The Morgan fingerprint density at radius 3 is 2.31 bits per heavy atom. The lowest BCUT2D eigenvalue weighted by atomic mass is 9.33. The van der Waals surface area contributed by atoms with Crippen LogP contribution < -0.4 is 0 Å². The summed E-state index contributed by atoms with van der Waals surface area (Å²) in [5, 5.41) is 31.3. The molecule has 0 heterocycles. The van der Waals surface area contributed by atoms with Crippen LogP contribution in [-0.4, -0.2) is 39.8 Å². The third kappa shape index (κ3) is 2.94. The van der Waals surface area contributed by atoms with Crippen LogP contribution in [0.3, 0.4) is 0 Å². The average molecular weight is 487 g/mol. The Bertz CT molecular complexity index is 987. The number of hydrogen-bond donors (Lipinski definition) is 3. The molecule has 4 fully saturated rings. The summed E-state index contributed by atoms with van der Waals surface area (Å²) in [4.78, 5) is 26.2. The topological polar surface area (TPSA) is 94.8 Å². The second-order valence-corrected chi connectivity index (χ2v) is 14.7. The molecule has 5 nitrogen and oxygen atoms in total. The van der Waals surface area contributed by atoms with Crippen molar-refractivity contribution in [1.82, 2.24) is 0 Å². The van der Waals surface area contributed by atoms with Crippen molar-refractivity contribution in [3.63, 3.8) is 0 Å². The number of Topliss-reactive ketones (excluding diaryl/α,β-unsaturated/α-hetero) is 1. The van der Waals surface area contributed by atoms with Crippen molar-refractivity contribution in [3.8, 4) is 0 Å². The van der Waals surface area contributed by atoms with Gasteiger partial charge in [-0.1, -0.05) is 46.3 Å². The van der Waals surface area contributed by atoms with Crippen LogP contribution in [0.1, 0.15) is 99.3 Å². The van der Waals surface area contributed by atoms with Crippen LogP contribution in [0, 0.1) is 50.2 Å². The molecule has 4 saturated carbocycles. The minimum atomic E-state index is -0.784. The molecule has 5 rings (SSSR count). The fourth-order valence-electron chi connectivity index (χ4n) is 10.4. The highest BCUT2D eigenvalue weighted by Crippen LogP contribution is 2.75. The molecule has 5 aliphatic rings. The van der Waals surface area contributed by atoms with Crippen molar-refractivity contribution in [1.29, 1.82) is 0 Å². The highest BCUT2D eigenvalue weighted by molar-refractivity contribution is 5.89. The summed E-state index contributed by atoms with van der Waals surface area (Å²) in [6, 6.07) is 0. The number of aliphatic hydroxyl groups excluding tert-OH is 2. The van der Waals surface area contributed by atoms with E-state index in [1.807, 2.05) is 6.92 Å². The van der Waals surface area contributed by atoms with E-state index in [0.29, 0.717) is 43.8 Å². The Morgan fingerprint density at radius 2 is 1.69 bits per heavy atom. The number of allylic oxidation sites excluding steroid dienone is 2. The minimum Gasteiger partial charge on any atom is -0.481 e. The van der Waals surface area contributed by atoms with Gasteiger partial charge in [-0.25, -0.2) is 0 Å². The van der Waals surface area contributed by atoms with Crippen LogP contribution >= 0.6 is 0 Å². The summed E-state index contributed by atoms with van der Waals surface area (Å²) >= 11 is 0. The van der Waals surface area contributed by atoms with Crippen molar-refractivity contribution in [3.05, 3.63) is 11.6 Å². The number of ketones is 1. The fourth-order valence-corrected chi connectivity index (χ4v) is 10.4. The van der Waals surface area contributed by atoms with Gasteiger partial charge in [0, 0.05) is 22.7 Å². The van der Waals surface area contributed by atoms with E-state index in [-0.39, 0.29) is 34.7 Å². The van der Waals surface area contributed by atoms with Crippen LogP contribution in [0.2, 0.25) is 0 Å². The lowest BCUT2D eigenvalue weighted by Gasteiger charge is -2.71. The highest BCUT2D eigenvalue weighted by Gasteiger charge is 2.70. The number of hydrogen-bond acceptors (Lipinski definition) is 4. The van der Waals surface area contributed by atoms with Gasteiger partial charge in [-0.15, -0.1) is 0 Å². The zero-order chi connectivity index (χ0) is 25.8. The van der Waals surface area contributed by atoms with Gasteiger partial charge in [0.2, 0.25) is 0 Å². The molecule has 0 saturated heterocycles. The molecule has 0 radical (unpaired) electrons. The largest absolute Gasteiger partial charge is 0.481 e. The quantitative estimate of drug-likeness (QED) is 0.455. The van der Waals surface area contributed by atoms with Crippen molar-refractivity contribution >= 4 is 11.8 Å². The third-order valence-corrected chi connectivity index (χ3v) is 13.3. The van der Waals surface area contributed by atoms with Crippen LogP contribution in [0.25, 0.3) is 0 Å². The molecule has 0 bridgehead atoms. The lowest BCUT2D eigenvalue weighted by molar-refractivity contribution is -0.214. The molecule has 5 aliphatic carbocycles. The number of carboxylic acids is 1. The van der Waals surface area contributed by atoms with Crippen molar-refractivity contribution < 1.29 is 24.9 Å². The first-order valence-electron chi connectivity index (χ1n) is 13.9. The number of fused-ring (bicyclic) bond motifs is 7. The Morgan fingerprint density at radius 1 is 1.00 bits per heavy atom. The molecular weight excluding hydrogens is 440 g/mol. The summed E-state index contributed by atoms with van der Waals surface area (Å²) in [5.41, 5.74) is -0.758. The molecule has 0 unspecified atom stereocenters. The monoisotopic (exact) mass is 486 g/mol. The predicted molar refractivity (Wildman–Crippen MR) is 134 cm³/mol. The van der Waals surface area contributed by atoms with Crippen LogP contribution in [0.5, 0.6) is 0 Å². The molecule has 3 N–H and O–H groups in total. The van der Waals surface area contributed by atoms with Gasteiger partial charge in [0.05, 0.1) is 18.1 Å². The minimum absolute atomic E-state index is 0.00288. The first-order chi connectivity index (χ1) is 16.1. The summed E-state index contributed by atoms with van der Waals surface area (Å²) in [6.07, 6.45) is 8.76. The first-order valence-corrected chi connectivity index (χ1v) is 13.9. The third-order valence-electron chi connectivity index (χ3n) is 13.3. The number of carbonyl (C=O) groups excluding carboxylic acids is 1. The summed E-state index contributed by atoms with van der Waals surface area (Å²) in [7, 11) is 0. The van der Waals surface area contributed by atoms with Gasteiger partial charge in [-0.05, 0) is 86.9 Å². The number of aliphatic hydroxyl groups is 2. The first kappa shape index (κ1) is 25.4. The van der Waals surface area contributed by atoms with Crippen molar-refractivity contribution in [2.75, 3.05) is 6.61 Å². The normalized spacial score (nSPS) is 55.7. The standard InChI is InChI=1S/C30H46O5/c1-25(24(34)35)13-14-26(2)19(15-25)18-7-8-21-27(3)11-10-22(32)28(4,17-31)20(27)9-12-29(21,5)30(18,6)16-23(26)33/h7,19-22,31-32H,8-17H2,1-6H3,(H,34,35)/t19-,20+,21-,22-,25+,26-,27-,28+,29+,30+/m0/s1. The predicted octanol–water partition coefficient (Wildman–Crippen LogP) is 5.39. The smallest absolute Gasteiger partial charge is 0.309 e. The van der Waals surface area contributed by atoms with E-state index >= 15 is 0 Å². The van der Waals surface area contributed by atoms with Crippen LogP contribution in [-0.2, 0) is 9.59 Å². The average Bonchev–Trinajstić information content (AvgIpc) is 2.79. The maximum Gasteiger partial charge on any atom is 0.309 e. The zero-order valence-corrected chi connectivity index (χ0v) is 22.6. The zero-order valence-electron chi connectivity index (χ0n) is 22.6. The van der Waals surface area contributed by atoms with Gasteiger partial charge in [0.15, 0.2) is 0 Å². The van der Waals surface area contributed by atoms with E-state index in [9.17, 15) is 24.9 Å². The van der Waals surface area contributed by atoms with Gasteiger partial charge < -0.3 is 15.3 Å². The van der Waals surface area contributed by atoms with Gasteiger partial charge in [0.1, 0.15) is 5.78 Å². The van der Waals surface area contributed by atoms with Gasteiger partial charge in [-0.2, -0.15) is 0 Å². The lowest BCUT2D eigenvalue weighted by Crippen LogP contribution is -2.66. The molecule has 196 valence electrons. The van der Waals surface area contributed by atoms with E-state index in [1.54, 1.807) is 0 Å². The van der Waals surface area contributed by atoms with Crippen molar-refractivity contribution in [2.45, 2.75) is 105 Å².